The lowest BCUT2D eigenvalue weighted by Gasteiger charge is -2.11. The van der Waals surface area contributed by atoms with Gasteiger partial charge in [-0.15, -0.1) is 15.3 Å². The monoisotopic (exact) mass is 513 g/mol. The molecule has 5 aromatic rings. The molecule has 0 aliphatic rings. The smallest absolute Gasteiger partial charge is 0.257 e. The van der Waals surface area contributed by atoms with Gasteiger partial charge in [0.15, 0.2) is 23.8 Å². The zero-order chi connectivity index (χ0) is 26.3. The van der Waals surface area contributed by atoms with E-state index >= 15 is 0 Å². The number of aromatic nitrogens is 6. The van der Waals surface area contributed by atoms with Gasteiger partial charge in [-0.25, -0.2) is 4.68 Å². The van der Waals surface area contributed by atoms with Crippen LogP contribution in [0.4, 0.5) is 0 Å². The van der Waals surface area contributed by atoms with Gasteiger partial charge in [0.1, 0.15) is 11.5 Å². The first-order valence-electron chi connectivity index (χ1n) is 11.5. The standard InChI is InChI=1S/C26H23N7O5/c1-33-25(28-31-32-33)24(17-8-5-4-6-9-17)30-36-16-23-27-29-26(38-23)18-12-13-21(22(14-18)35-3)37-20-11-7-10-19(15-20)34-2/h4-15H,16H2,1-3H3/b30-24-. The molecule has 2 heterocycles. The van der Waals surface area contributed by atoms with Crippen molar-refractivity contribution >= 4 is 5.71 Å². The Bertz CT molecular complexity index is 1550. The normalized spacial score (nSPS) is 11.3. The maximum atomic E-state index is 5.97. The van der Waals surface area contributed by atoms with E-state index in [-0.39, 0.29) is 12.5 Å². The number of tetrazole rings is 1. The van der Waals surface area contributed by atoms with Gasteiger partial charge in [-0.3, -0.25) is 0 Å². The van der Waals surface area contributed by atoms with Crippen LogP contribution >= 0.6 is 0 Å². The van der Waals surface area contributed by atoms with E-state index < -0.39 is 0 Å². The van der Waals surface area contributed by atoms with Crippen molar-refractivity contribution in [3.8, 4) is 34.5 Å². The highest BCUT2D eigenvalue weighted by Crippen LogP contribution is 2.36. The fraction of sp³-hybridized carbons (Fsp3) is 0.154. The molecule has 0 unspecified atom stereocenters. The quantitative estimate of drug-likeness (QED) is 0.199. The largest absolute Gasteiger partial charge is 0.497 e. The molecule has 5 rings (SSSR count). The third-order valence-electron chi connectivity index (χ3n) is 5.37. The van der Waals surface area contributed by atoms with Crippen molar-refractivity contribution in [2.45, 2.75) is 6.61 Å². The number of ether oxygens (including phenoxy) is 3. The van der Waals surface area contributed by atoms with Crippen molar-refractivity contribution in [2.24, 2.45) is 12.2 Å². The summed E-state index contributed by atoms with van der Waals surface area (Å²) in [6.45, 7) is -0.0528. The molecule has 0 fully saturated rings. The highest BCUT2D eigenvalue weighted by molar-refractivity contribution is 6.10. The molecule has 0 aliphatic heterocycles. The number of benzene rings is 3. The van der Waals surface area contributed by atoms with Gasteiger partial charge in [0, 0.05) is 24.2 Å². The van der Waals surface area contributed by atoms with Gasteiger partial charge < -0.3 is 23.5 Å². The Balaban J connectivity index is 1.31. The molecule has 12 heteroatoms. The fourth-order valence-electron chi connectivity index (χ4n) is 3.51. The summed E-state index contributed by atoms with van der Waals surface area (Å²) in [4.78, 5) is 5.54. The first-order valence-corrected chi connectivity index (χ1v) is 11.5. The number of aryl methyl sites for hydroxylation is 1. The van der Waals surface area contributed by atoms with Crippen LogP contribution in [0.25, 0.3) is 11.5 Å². The highest BCUT2D eigenvalue weighted by atomic mass is 16.6. The van der Waals surface area contributed by atoms with E-state index in [2.05, 4.69) is 30.9 Å². The summed E-state index contributed by atoms with van der Waals surface area (Å²) in [5.74, 6) is 3.30. The van der Waals surface area contributed by atoms with Crippen molar-refractivity contribution in [3.05, 3.63) is 90.1 Å². The molecule has 0 saturated carbocycles. The summed E-state index contributed by atoms with van der Waals surface area (Å²) < 4.78 is 24.0. The molecule has 0 N–H and O–H groups in total. The van der Waals surface area contributed by atoms with Crippen LogP contribution in [0.2, 0.25) is 0 Å². The Morgan fingerprint density at radius 2 is 1.71 bits per heavy atom. The van der Waals surface area contributed by atoms with Crippen molar-refractivity contribution in [1.29, 1.82) is 0 Å². The lowest BCUT2D eigenvalue weighted by Crippen LogP contribution is -2.12. The molecule has 0 saturated heterocycles. The number of nitrogens with zero attached hydrogens (tertiary/aromatic N) is 7. The minimum atomic E-state index is -0.0528. The second kappa shape index (κ2) is 11.2. The molecule has 12 nitrogen and oxygen atoms in total. The van der Waals surface area contributed by atoms with Gasteiger partial charge in [0.2, 0.25) is 11.7 Å². The van der Waals surface area contributed by atoms with Gasteiger partial charge >= 0.3 is 0 Å². The molecule has 2 aromatic heterocycles. The third kappa shape index (κ3) is 5.43. The molecule has 3 aromatic carbocycles. The van der Waals surface area contributed by atoms with Crippen molar-refractivity contribution in [2.75, 3.05) is 14.2 Å². The molecule has 0 aliphatic carbocycles. The average Bonchev–Trinajstić information content (AvgIpc) is 3.61. The summed E-state index contributed by atoms with van der Waals surface area (Å²) in [5, 5.41) is 24.0. The van der Waals surface area contributed by atoms with Gasteiger partial charge in [-0.2, -0.15) is 0 Å². The molecular weight excluding hydrogens is 490 g/mol. The summed E-state index contributed by atoms with van der Waals surface area (Å²) >= 11 is 0. The maximum absolute atomic E-state index is 5.97. The summed E-state index contributed by atoms with van der Waals surface area (Å²) in [7, 11) is 4.88. The molecular formula is C26H23N7O5. The Morgan fingerprint density at radius 3 is 2.47 bits per heavy atom. The van der Waals surface area contributed by atoms with Crippen molar-refractivity contribution < 1.29 is 23.5 Å². The van der Waals surface area contributed by atoms with Gasteiger partial charge in [0.25, 0.3) is 5.89 Å². The lowest BCUT2D eigenvalue weighted by molar-refractivity contribution is 0.111. The first kappa shape index (κ1) is 24.4. The second-order valence-electron chi connectivity index (χ2n) is 7.85. The van der Waals surface area contributed by atoms with Crippen LogP contribution in [0, 0.1) is 0 Å². The van der Waals surface area contributed by atoms with Crippen LogP contribution in [0.1, 0.15) is 17.3 Å². The van der Waals surface area contributed by atoms with Gasteiger partial charge in [0.05, 0.1) is 14.2 Å². The summed E-state index contributed by atoms with van der Waals surface area (Å²) in [6, 6.07) is 22.1. The van der Waals surface area contributed by atoms with E-state index in [4.69, 9.17) is 23.5 Å². The molecule has 192 valence electrons. The number of methoxy groups -OCH3 is 2. The summed E-state index contributed by atoms with van der Waals surface area (Å²) in [5.41, 5.74) is 1.91. The third-order valence-corrected chi connectivity index (χ3v) is 5.37. The van der Waals surface area contributed by atoms with Crippen LogP contribution in [-0.4, -0.2) is 50.3 Å². The zero-order valence-corrected chi connectivity index (χ0v) is 20.8. The number of oxime groups is 1. The molecule has 0 atom stereocenters. The van der Waals surface area contributed by atoms with Crippen LogP contribution in [0.3, 0.4) is 0 Å². The van der Waals surface area contributed by atoms with Crippen molar-refractivity contribution in [3.63, 3.8) is 0 Å². The average molecular weight is 514 g/mol. The van der Waals surface area contributed by atoms with Crippen LogP contribution < -0.4 is 14.2 Å². The topological polar surface area (TPSA) is 132 Å². The Morgan fingerprint density at radius 1 is 0.868 bits per heavy atom. The number of rotatable bonds is 10. The molecule has 0 amide bonds. The minimum absolute atomic E-state index is 0.0528. The fourth-order valence-corrected chi connectivity index (χ4v) is 3.51. The van der Waals surface area contributed by atoms with Crippen LogP contribution in [0.15, 0.2) is 82.4 Å². The number of hydrogen-bond donors (Lipinski definition) is 0. The Kier molecular flexibility index (Phi) is 7.20. The highest BCUT2D eigenvalue weighted by Gasteiger charge is 2.16. The first-order chi connectivity index (χ1) is 18.6. The molecule has 0 bridgehead atoms. The van der Waals surface area contributed by atoms with E-state index in [1.54, 1.807) is 45.5 Å². The predicted molar refractivity (Wildman–Crippen MR) is 135 cm³/mol. The van der Waals surface area contributed by atoms with Crippen LogP contribution in [0.5, 0.6) is 23.0 Å². The second-order valence-corrected chi connectivity index (χ2v) is 7.85. The van der Waals surface area contributed by atoms with E-state index in [0.717, 1.165) is 5.56 Å². The van der Waals surface area contributed by atoms with E-state index in [9.17, 15) is 0 Å². The SMILES string of the molecule is COc1cccc(Oc2ccc(-c3nnc(CO/N=C(/c4ccccc4)c4nnnn4C)o3)cc2OC)c1. The summed E-state index contributed by atoms with van der Waals surface area (Å²) in [6.07, 6.45) is 0. The van der Waals surface area contributed by atoms with E-state index in [1.807, 2.05) is 48.5 Å². The molecule has 0 spiro atoms. The lowest BCUT2D eigenvalue weighted by atomic mass is 10.1. The minimum Gasteiger partial charge on any atom is -0.497 e. The van der Waals surface area contributed by atoms with Crippen LogP contribution in [-0.2, 0) is 18.5 Å². The van der Waals surface area contributed by atoms with E-state index in [0.29, 0.717) is 46.0 Å². The zero-order valence-electron chi connectivity index (χ0n) is 20.8. The van der Waals surface area contributed by atoms with Gasteiger partial charge in [-0.05, 0) is 40.8 Å². The molecule has 38 heavy (non-hydrogen) atoms. The van der Waals surface area contributed by atoms with Gasteiger partial charge in [-0.1, -0.05) is 41.6 Å². The van der Waals surface area contributed by atoms with E-state index in [1.165, 1.54) is 4.68 Å². The predicted octanol–water partition coefficient (Wildman–Crippen LogP) is 4.04. The maximum Gasteiger partial charge on any atom is 0.257 e. The number of hydrogen-bond acceptors (Lipinski definition) is 11. The Labute approximate surface area is 217 Å². The Hall–Kier alpha value is -5.26. The molecule has 0 radical (unpaired) electrons. The van der Waals surface area contributed by atoms with Crippen molar-refractivity contribution in [1.82, 2.24) is 30.4 Å².